The lowest BCUT2D eigenvalue weighted by atomic mass is 9.79. The molecule has 2 aromatic rings. The highest BCUT2D eigenvalue weighted by Crippen LogP contribution is 2.36. The van der Waals surface area contributed by atoms with Crippen LogP contribution in [-0.4, -0.2) is 27.9 Å². The molecule has 0 unspecified atom stereocenters. The van der Waals surface area contributed by atoms with Crippen LogP contribution in [-0.2, 0) is 22.3 Å². The highest BCUT2D eigenvalue weighted by atomic mass is 16.7. The summed E-state index contributed by atoms with van der Waals surface area (Å²) in [6, 6.07) is 6.37. The molecule has 0 radical (unpaired) electrons. The molecule has 0 saturated carbocycles. The van der Waals surface area contributed by atoms with E-state index in [1.54, 1.807) is 0 Å². The second kappa shape index (κ2) is 5.64. The molecular weight excluding hydrogens is 287 g/mol. The Kier molecular flexibility index (Phi) is 4.05. The van der Waals surface area contributed by atoms with E-state index < -0.39 is 0 Å². The minimum absolute atomic E-state index is 0.317. The maximum atomic E-state index is 6.15. The molecule has 0 bridgehead atoms. The van der Waals surface area contributed by atoms with Gasteiger partial charge in [-0.15, -0.1) is 0 Å². The first-order valence-corrected chi connectivity index (χ1v) is 8.63. The molecule has 2 heterocycles. The second-order valence-electron chi connectivity index (χ2n) is 7.37. The average molecular weight is 314 g/mol. The van der Waals surface area contributed by atoms with Crippen molar-refractivity contribution in [1.82, 2.24) is 9.55 Å². The first-order valence-electron chi connectivity index (χ1n) is 8.63. The molecule has 1 aliphatic heterocycles. The van der Waals surface area contributed by atoms with Gasteiger partial charge in [-0.25, -0.2) is 4.98 Å². The summed E-state index contributed by atoms with van der Waals surface area (Å²) in [6.45, 7) is 13.7. The maximum absolute atomic E-state index is 6.15. The van der Waals surface area contributed by atoms with Gasteiger partial charge in [0, 0.05) is 13.0 Å². The second-order valence-corrected chi connectivity index (χ2v) is 7.37. The van der Waals surface area contributed by atoms with Crippen molar-refractivity contribution in [2.24, 2.45) is 0 Å². The van der Waals surface area contributed by atoms with Crippen LogP contribution in [0.15, 0.2) is 18.2 Å². The molecule has 0 amide bonds. The average Bonchev–Trinajstić information content (AvgIpc) is 2.93. The Balaban J connectivity index is 1.99. The number of rotatable bonds is 4. The van der Waals surface area contributed by atoms with Gasteiger partial charge >= 0.3 is 7.12 Å². The molecular formula is C18H27BN2O2. The van der Waals surface area contributed by atoms with Gasteiger partial charge in [0.15, 0.2) is 0 Å². The van der Waals surface area contributed by atoms with Gasteiger partial charge in [0.05, 0.1) is 22.2 Å². The zero-order chi connectivity index (χ0) is 16.8. The van der Waals surface area contributed by atoms with E-state index in [4.69, 9.17) is 14.3 Å². The van der Waals surface area contributed by atoms with Gasteiger partial charge in [0.2, 0.25) is 0 Å². The number of imidazole rings is 1. The SMILES string of the molecule is CCCn1c(CC)nc2cc(B3OC(C)(C)C(C)(C)O3)ccc21. The van der Waals surface area contributed by atoms with Crippen molar-refractivity contribution in [2.75, 3.05) is 0 Å². The number of benzene rings is 1. The van der Waals surface area contributed by atoms with E-state index >= 15 is 0 Å². The van der Waals surface area contributed by atoms with Crippen molar-refractivity contribution in [1.29, 1.82) is 0 Å². The number of nitrogens with zero attached hydrogens (tertiary/aromatic N) is 2. The van der Waals surface area contributed by atoms with Crippen molar-refractivity contribution in [3.63, 3.8) is 0 Å². The summed E-state index contributed by atoms with van der Waals surface area (Å²) in [5.41, 5.74) is 2.64. The zero-order valence-electron chi connectivity index (χ0n) is 15.1. The minimum Gasteiger partial charge on any atom is -0.399 e. The van der Waals surface area contributed by atoms with Gasteiger partial charge in [-0.3, -0.25) is 0 Å². The molecule has 0 N–H and O–H groups in total. The Hall–Kier alpha value is -1.33. The van der Waals surface area contributed by atoms with E-state index in [1.165, 1.54) is 5.52 Å². The highest BCUT2D eigenvalue weighted by Gasteiger charge is 2.51. The zero-order valence-corrected chi connectivity index (χ0v) is 15.1. The Labute approximate surface area is 139 Å². The van der Waals surface area contributed by atoms with Crippen LogP contribution in [0.3, 0.4) is 0 Å². The molecule has 0 aliphatic carbocycles. The predicted molar refractivity (Wildman–Crippen MR) is 95.1 cm³/mol. The van der Waals surface area contributed by atoms with E-state index in [0.717, 1.165) is 36.2 Å². The summed E-state index contributed by atoms with van der Waals surface area (Å²) in [6.07, 6.45) is 2.05. The summed E-state index contributed by atoms with van der Waals surface area (Å²) in [7, 11) is -0.328. The van der Waals surface area contributed by atoms with Crippen LogP contribution in [0.2, 0.25) is 0 Å². The lowest BCUT2D eigenvalue weighted by molar-refractivity contribution is 0.00578. The highest BCUT2D eigenvalue weighted by molar-refractivity contribution is 6.62. The van der Waals surface area contributed by atoms with Crippen molar-refractivity contribution in [3.05, 3.63) is 24.0 Å². The topological polar surface area (TPSA) is 36.3 Å². The largest absolute Gasteiger partial charge is 0.494 e. The molecule has 1 fully saturated rings. The third-order valence-corrected chi connectivity index (χ3v) is 5.14. The van der Waals surface area contributed by atoms with Crippen LogP contribution in [0.5, 0.6) is 0 Å². The van der Waals surface area contributed by atoms with Crippen LogP contribution in [0, 0.1) is 0 Å². The minimum atomic E-state index is -0.328. The van der Waals surface area contributed by atoms with E-state index in [2.05, 4.69) is 64.3 Å². The molecule has 1 aromatic heterocycles. The molecule has 0 atom stereocenters. The van der Waals surface area contributed by atoms with Crippen LogP contribution >= 0.6 is 0 Å². The molecule has 3 rings (SSSR count). The molecule has 5 heteroatoms. The monoisotopic (exact) mass is 314 g/mol. The fourth-order valence-corrected chi connectivity index (χ4v) is 3.07. The maximum Gasteiger partial charge on any atom is 0.494 e. The van der Waals surface area contributed by atoms with Gasteiger partial charge < -0.3 is 13.9 Å². The van der Waals surface area contributed by atoms with Gasteiger partial charge in [-0.2, -0.15) is 0 Å². The van der Waals surface area contributed by atoms with Crippen LogP contribution in [0.25, 0.3) is 11.0 Å². The van der Waals surface area contributed by atoms with Gasteiger partial charge in [-0.05, 0) is 51.7 Å². The smallest absolute Gasteiger partial charge is 0.399 e. The van der Waals surface area contributed by atoms with Crippen molar-refractivity contribution >= 4 is 23.6 Å². The first kappa shape index (κ1) is 16.5. The Morgan fingerprint density at radius 1 is 1.09 bits per heavy atom. The van der Waals surface area contributed by atoms with Crippen LogP contribution in [0.4, 0.5) is 0 Å². The quantitative estimate of drug-likeness (QED) is 0.812. The standard InChI is InChI=1S/C18H27BN2O2/c1-7-11-21-15-10-9-13(12-14(15)20-16(21)8-2)19-22-17(3,4)18(5,6)23-19/h9-10,12H,7-8,11H2,1-6H3. The predicted octanol–water partition coefficient (Wildman–Crippen LogP) is 3.31. The van der Waals surface area contributed by atoms with Gasteiger partial charge in [0.1, 0.15) is 5.82 Å². The molecule has 0 spiro atoms. The van der Waals surface area contributed by atoms with E-state index in [0.29, 0.717) is 0 Å². The Morgan fingerprint density at radius 3 is 2.30 bits per heavy atom. The lowest BCUT2D eigenvalue weighted by Gasteiger charge is -2.32. The molecule has 124 valence electrons. The fourth-order valence-electron chi connectivity index (χ4n) is 3.07. The van der Waals surface area contributed by atoms with E-state index in [-0.39, 0.29) is 18.3 Å². The first-order chi connectivity index (χ1) is 10.8. The summed E-state index contributed by atoms with van der Waals surface area (Å²) in [5.74, 6) is 1.15. The summed E-state index contributed by atoms with van der Waals surface area (Å²) >= 11 is 0. The third-order valence-electron chi connectivity index (χ3n) is 5.14. The number of hydrogen-bond acceptors (Lipinski definition) is 3. The molecule has 4 nitrogen and oxygen atoms in total. The molecule has 1 aromatic carbocycles. The normalized spacial score (nSPS) is 19.7. The van der Waals surface area contributed by atoms with Crippen molar-refractivity contribution in [2.45, 2.75) is 72.1 Å². The van der Waals surface area contributed by atoms with E-state index in [1.807, 2.05) is 0 Å². The van der Waals surface area contributed by atoms with Gasteiger partial charge in [-0.1, -0.05) is 19.9 Å². The summed E-state index contributed by atoms with van der Waals surface area (Å²) in [5, 5.41) is 0. The number of hydrogen-bond donors (Lipinski definition) is 0. The third kappa shape index (κ3) is 2.70. The van der Waals surface area contributed by atoms with Crippen LogP contribution in [0.1, 0.15) is 53.8 Å². The number of fused-ring (bicyclic) bond motifs is 1. The molecule has 23 heavy (non-hydrogen) atoms. The Bertz CT molecular complexity index is 705. The van der Waals surface area contributed by atoms with Crippen LogP contribution < -0.4 is 5.46 Å². The molecule has 1 aliphatic rings. The summed E-state index contributed by atoms with van der Waals surface area (Å²) in [4.78, 5) is 4.81. The molecule has 1 saturated heterocycles. The van der Waals surface area contributed by atoms with Crippen molar-refractivity contribution < 1.29 is 9.31 Å². The van der Waals surface area contributed by atoms with Crippen molar-refractivity contribution in [3.8, 4) is 0 Å². The number of aryl methyl sites for hydroxylation is 2. The number of aromatic nitrogens is 2. The van der Waals surface area contributed by atoms with E-state index in [9.17, 15) is 0 Å². The fraction of sp³-hybridized carbons (Fsp3) is 0.611. The lowest BCUT2D eigenvalue weighted by Crippen LogP contribution is -2.41. The summed E-state index contributed by atoms with van der Waals surface area (Å²) < 4.78 is 14.6. The Morgan fingerprint density at radius 2 is 1.74 bits per heavy atom. The van der Waals surface area contributed by atoms with Gasteiger partial charge in [0.25, 0.3) is 0 Å².